The number of hydrogen-bond acceptors (Lipinski definition) is 4. The molecule has 0 N–H and O–H groups in total. The minimum atomic E-state index is -0.588. The first-order chi connectivity index (χ1) is 8.99. The summed E-state index contributed by atoms with van der Waals surface area (Å²) in [6.45, 7) is 2.86. The molecule has 1 heterocycles. The van der Waals surface area contributed by atoms with Crippen molar-refractivity contribution in [2.75, 3.05) is 0 Å². The second-order valence-electron chi connectivity index (χ2n) is 3.87. The van der Waals surface area contributed by atoms with Gasteiger partial charge in [-0.15, -0.1) is 9.78 Å². The van der Waals surface area contributed by atoms with Crippen LogP contribution >= 0.6 is 11.6 Å². The van der Waals surface area contributed by atoms with Crippen LogP contribution in [-0.2, 0) is 0 Å². The average Bonchev–Trinajstić information content (AvgIpc) is 2.65. The predicted molar refractivity (Wildman–Crippen MR) is 72.0 cm³/mol. The largest absolute Gasteiger partial charge is 0.374 e. The minimum Gasteiger partial charge on any atom is -0.273 e. The number of rotatable bonds is 2. The van der Waals surface area contributed by atoms with Gasteiger partial charge >= 0.3 is 5.69 Å². The first-order valence-corrected chi connectivity index (χ1v) is 5.86. The Morgan fingerprint density at radius 3 is 2.53 bits per heavy atom. The SMILES string of the molecule is CC(=O)n1nc(C)n(/N=C/c2ccc(Cl)cc2)c1=O. The summed E-state index contributed by atoms with van der Waals surface area (Å²) < 4.78 is 1.84. The third-order valence-corrected chi connectivity index (χ3v) is 2.66. The Bertz CT molecular complexity index is 698. The van der Waals surface area contributed by atoms with Gasteiger partial charge in [0.1, 0.15) is 0 Å². The van der Waals surface area contributed by atoms with Crippen molar-refractivity contribution < 1.29 is 4.79 Å². The van der Waals surface area contributed by atoms with Crippen LogP contribution in [0.3, 0.4) is 0 Å². The smallest absolute Gasteiger partial charge is 0.273 e. The summed E-state index contributed by atoms with van der Waals surface area (Å²) in [7, 11) is 0. The highest BCUT2D eigenvalue weighted by molar-refractivity contribution is 6.30. The number of carbonyl (C=O) groups excluding carboxylic acids is 1. The normalized spacial score (nSPS) is 11.1. The highest BCUT2D eigenvalue weighted by Gasteiger charge is 2.11. The molecule has 2 aromatic rings. The van der Waals surface area contributed by atoms with E-state index in [0.29, 0.717) is 10.8 Å². The Morgan fingerprint density at radius 2 is 2.00 bits per heavy atom. The van der Waals surface area contributed by atoms with Crippen molar-refractivity contribution in [3.63, 3.8) is 0 Å². The van der Waals surface area contributed by atoms with E-state index in [1.54, 1.807) is 31.2 Å². The lowest BCUT2D eigenvalue weighted by Crippen LogP contribution is -2.26. The monoisotopic (exact) mass is 278 g/mol. The number of benzene rings is 1. The highest BCUT2D eigenvalue weighted by Crippen LogP contribution is 2.07. The third-order valence-electron chi connectivity index (χ3n) is 2.40. The summed E-state index contributed by atoms with van der Waals surface area (Å²) >= 11 is 5.77. The molecule has 0 unspecified atom stereocenters. The van der Waals surface area contributed by atoms with Crippen LogP contribution in [0.25, 0.3) is 0 Å². The zero-order valence-electron chi connectivity index (χ0n) is 10.4. The predicted octanol–water partition coefficient (Wildman–Crippen LogP) is 1.55. The van der Waals surface area contributed by atoms with E-state index in [-0.39, 0.29) is 0 Å². The molecule has 0 saturated heterocycles. The standard InChI is InChI=1S/C12H11ClN4O2/c1-8-15-17(9(2)18)12(19)16(8)14-7-10-3-5-11(13)6-4-10/h3-7H,1-2H3/b14-7+. The molecule has 0 atom stereocenters. The maximum absolute atomic E-state index is 11.8. The Kier molecular flexibility index (Phi) is 3.62. The summed E-state index contributed by atoms with van der Waals surface area (Å²) in [4.78, 5) is 23.0. The highest BCUT2D eigenvalue weighted by atomic mass is 35.5. The van der Waals surface area contributed by atoms with Crippen LogP contribution in [0.15, 0.2) is 34.2 Å². The molecule has 7 heteroatoms. The van der Waals surface area contributed by atoms with Gasteiger partial charge in [-0.1, -0.05) is 23.7 Å². The van der Waals surface area contributed by atoms with Gasteiger partial charge in [0.2, 0.25) is 5.91 Å². The molecular weight excluding hydrogens is 268 g/mol. The van der Waals surface area contributed by atoms with E-state index in [1.807, 2.05) is 0 Å². The fourth-order valence-corrected chi connectivity index (χ4v) is 1.60. The number of hydrogen-bond donors (Lipinski definition) is 0. The zero-order chi connectivity index (χ0) is 14.0. The number of carbonyl (C=O) groups is 1. The van der Waals surface area contributed by atoms with Crippen LogP contribution in [0.2, 0.25) is 5.02 Å². The molecule has 2 rings (SSSR count). The Hall–Kier alpha value is -2.21. The number of halogens is 1. The van der Waals surface area contributed by atoms with Crippen molar-refractivity contribution in [3.05, 3.63) is 51.2 Å². The van der Waals surface area contributed by atoms with Crippen molar-refractivity contribution in [2.45, 2.75) is 13.8 Å². The van der Waals surface area contributed by atoms with Crippen LogP contribution in [0, 0.1) is 6.92 Å². The second kappa shape index (κ2) is 5.19. The van der Waals surface area contributed by atoms with Gasteiger partial charge in [-0.05, 0) is 24.6 Å². The van der Waals surface area contributed by atoms with Gasteiger partial charge in [0, 0.05) is 11.9 Å². The average molecular weight is 279 g/mol. The number of nitrogens with zero attached hydrogens (tertiary/aromatic N) is 4. The molecule has 0 aliphatic carbocycles. The lowest BCUT2D eigenvalue weighted by Gasteiger charge is -1.94. The van der Waals surface area contributed by atoms with Crippen molar-refractivity contribution >= 4 is 23.7 Å². The molecule has 1 aromatic heterocycles. The molecule has 1 aromatic carbocycles. The zero-order valence-corrected chi connectivity index (χ0v) is 11.1. The number of aromatic nitrogens is 3. The molecule has 0 fully saturated rings. The maximum atomic E-state index is 11.8. The van der Waals surface area contributed by atoms with Crippen LogP contribution in [0.1, 0.15) is 23.1 Å². The third kappa shape index (κ3) is 2.79. The molecule has 6 nitrogen and oxygen atoms in total. The van der Waals surface area contributed by atoms with E-state index in [9.17, 15) is 9.59 Å². The van der Waals surface area contributed by atoms with Crippen LogP contribution in [0.4, 0.5) is 0 Å². The fraction of sp³-hybridized carbons (Fsp3) is 0.167. The fourth-order valence-electron chi connectivity index (χ4n) is 1.47. The van der Waals surface area contributed by atoms with E-state index >= 15 is 0 Å². The van der Waals surface area contributed by atoms with E-state index < -0.39 is 11.6 Å². The van der Waals surface area contributed by atoms with E-state index in [4.69, 9.17) is 11.6 Å². The topological polar surface area (TPSA) is 69.2 Å². The summed E-state index contributed by atoms with van der Waals surface area (Å²) in [6, 6.07) is 6.97. The first kappa shape index (κ1) is 13.2. The second-order valence-corrected chi connectivity index (χ2v) is 4.30. The van der Waals surface area contributed by atoms with E-state index in [0.717, 1.165) is 14.9 Å². The number of aryl methyl sites for hydroxylation is 1. The molecule has 19 heavy (non-hydrogen) atoms. The molecule has 0 aliphatic rings. The first-order valence-electron chi connectivity index (χ1n) is 5.48. The molecule has 0 saturated carbocycles. The Morgan fingerprint density at radius 1 is 1.37 bits per heavy atom. The van der Waals surface area contributed by atoms with Crippen LogP contribution in [-0.4, -0.2) is 26.6 Å². The van der Waals surface area contributed by atoms with Gasteiger partial charge < -0.3 is 0 Å². The quantitative estimate of drug-likeness (QED) is 0.783. The summed E-state index contributed by atoms with van der Waals surface area (Å²) in [5, 5.41) is 8.45. The minimum absolute atomic E-state index is 0.338. The Balaban J connectivity index is 2.36. The molecule has 0 amide bonds. The molecular formula is C12H11ClN4O2. The van der Waals surface area contributed by atoms with Crippen molar-refractivity contribution in [3.8, 4) is 0 Å². The molecule has 98 valence electrons. The van der Waals surface area contributed by atoms with Crippen LogP contribution < -0.4 is 5.69 Å². The van der Waals surface area contributed by atoms with Gasteiger partial charge in [-0.2, -0.15) is 9.78 Å². The molecule has 0 radical (unpaired) electrons. The van der Waals surface area contributed by atoms with Gasteiger partial charge in [0.25, 0.3) is 0 Å². The van der Waals surface area contributed by atoms with Gasteiger partial charge in [-0.25, -0.2) is 4.79 Å². The maximum Gasteiger partial charge on any atom is 0.374 e. The van der Waals surface area contributed by atoms with Gasteiger partial charge in [0.15, 0.2) is 5.82 Å². The molecule has 0 aliphatic heterocycles. The summed E-state index contributed by atoms with van der Waals surface area (Å²) in [6.07, 6.45) is 1.50. The Labute approximate surface area is 113 Å². The lowest BCUT2D eigenvalue weighted by atomic mass is 10.2. The van der Waals surface area contributed by atoms with Crippen molar-refractivity contribution in [2.24, 2.45) is 5.10 Å². The lowest BCUT2D eigenvalue weighted by molar-refractivity contribution is 0.0915. The summed E-state index contributed by atoms with van der Waals surface area (Å²) in [5.74, 6) is -0.112. The van der Waals surface area contributed by atoms with Gasteiger partial charge in [0.05, 0.1) is 6.21 Å². The van der Waals surface area contributed by atoms with E-state index in [1.165, 1.54) is 13.1 Å². The van der Waals surface area contributed by atoms with E-state index in [2.05, 4.69) is 10.2 Å². The van der Waals surface area contributed by atoms with Gasteiger partial charge in [-0.3, -0.25) is 4.79 Å². The van der Waals surface area contributed by atoms with Crippen molar-refractivity contribution in [1.82, 2.24) is 14.5 Å². The van der Waals surface area contributed by atoms with Crippen molar-refractivity contribution in [1.29, 1.82) is 0 Å². The molecule has 0 spiro atoms. The molecule has 0 bridgehead atoms. The summed E-state index contributed by atoms with van der Waals surface area (Å²) in [5.41, 5.74) is 0.196. The van der Waals surface area contributed by atoms with Crippen LogP contribution in [0.5, 0.6) is 0 Å².